The minimum atomic E-state index is -1.73. The van der Waals surface area contributed by atoms with Crippen molar-refractivity contribution in [1.82, 2.24) is 10.4 Å². The van der Waals surface area contributed by atoms with E-state index < -0.39 is 45.3 Å². The van der Waals surface area contributed by atoms with Crippen molar-refractivity contribution < 1.29 is 18.0 Å². The Morgan fingerprint density at radius 2 is 1.76 bits per heavy atom. The van der Waals surface area contributed by atoms with Crippen LogP contribution in [0.15, 0.2) is 35.1 Å². The number of hydrazine groups is 1. The zero-order valence-corrected chi connectivity index (χ0v) is 13.0. The van der Waals surface area contributed by atoms with E-state index >= 15 is 0 Å². The number of nitrogen functional groups attached to an aromatic ring is 1. The summed E-state index contributed by atoms with van der Waals surface area (Å²) in [5, 5.41) is -0.135. The molecule has 128 valence electrons. The third-order valence-corrected chi connectivity index (χ3v) is 3.88. The monoisotopic (exact) mass is 367 g/mol. The van der Waals surface area contributed by atoms with Crippen molar-refractivity contribution in [2.75, 3.05) is 0 Å². The van der Waals surface area contributed by atoms with Crippen LogP contribution in [0.5, 0.6) is 0 Å². The fourth-order valence-corrected chi connectivity index (χ4v) is 2.58. The van der Waals surface area contributed by atoms with E-state index in [0.717, 1.165) is 0 Å². The molecule has 0 aliphatic rings. The van der Waals surface area contributed by atoms with Crippen LogP contribution in [0.1, 0.15) is 10.4 Å². The molecule has 2 aromatic carbocycles. The van der Waals surface area contributed by atoms with Gasteiger partial charge in [0.05, 0.1) is 16.6 Å². The summed E-state index contributed by atoms with van der Waals surface area (Å²) in [6.45, 7) is 0. The van der Waals surface area contributed by atoms with Gasteiger partial charge in [-0.25, -0.2) is 19.0 Å². The molecule has 1 heterocycles. The number of rotatable bonds is 2. The predicted molar refractivity (Wildman–Crippen MR) is 86.5 cm³/mol. The van der Waals surface area contributed by atoms with Crippen LogP contribution in [-0.2, 0) is 0 Å². The quantitative estimate of drug-likeness (QED) is 0.282. The molecule has 0 unspecified atom stereocenters. The summed E-state index contributed by atoms with van der Waals surface area (Å²) >= 11 is 5.80. The number of H-pyrrole nitrogens is 1. The molecule has 0 atom stereocenters. The molecular weight excluding hydrogens is 359 g/mol. The number of amides is 1. The van der Waals surface area contributed by atoms with E-state index in [4.69, 9.17) is 17.4 Å². The van der Waals surface area contributed by atoms with Crippen molar-refractivity contribution in [2.24, 2.45) is 5.84 Å². The molecule has 0 radical (unpaired) electrons. The van der Waals surface area contributed by atoms with Crippen LogP contribution in [0, 0.1) is 17.5 Å². The highest BCUT2D eigenvalue weighted by Gasteiger charge is 2.23. The van der Waals surface area contributed by atoms with Crippen molar-refractivity contribution >= 4 is 28.4 Å². The Morgan fingerprint density at radius 1 is 1.12 bits per heavy atom. The van der Waals surface area contributed by atoms with Crippen LogP contribution in [0.3, 0.4) is 0 Å². The molecule has 1 aromatic heterocycles. The number of aromatic amines is 1. The predicted octanol–water partition coefficient (Wildman–Crippen LogP) is 2.87. The molecule has 0 saturated carbocycles. The van der Waals surface area contributed by atoms with Gasteiger partial charge in [-0.2, -0.15) is 0 Å². The Hall–Kier alpha value is -2.84. The number of hydrogen-bond acceptors (Lipinski definition) is 3. The van der Waals surface area contributed by atoms with Crippen LogP contribution < -0.4 is 16.7 Å². The van der Waals surface area contributed by atoms with Gasteiger partial charge in [0.25, 0.3) is 5.91 Å². The molecule has 3 rings (SSSR count). The van der Waals surface area contributed by atoms with E-state index in [2.05, 4.69) is 4.98 Å². The third kappa shape index (κ3) is 2.75. The summed E-state index contributed by atoms with van der Waals surface area (Å²) in [6, 6.07) is 6.40. The van der Waals surface area contributed by atoms with Gasteiger partial charge in [0, 0.05) is 5.02 Å². The van der Waals surface area contributed by atoms with Gasteiger partial charge in [0.15, 0.2) is 17.5 Å². The minimum absolute atomic E-state index is 0.109. The molecule has 0 aliphatic heterocycles. The average molecular weight is 368 g/mol. The van der Waals surface area contributed by atoms with Crippen molar-refractivity contribution in [1.29, 1.82) is 0 Å². The molecule has 1 amide bonds. The lowest BCUT2D eigenvalue weighted by atomic mass is 10.0. The highest BCUT2D eigenvalue weighted by atomic mass is 35.5. The first-order valence-electron chi connectivity index (χ1n) is 6.85. The lowest BCUT2D eigenvalue weighted by Gasteiger charge is -2.12. The zero-order valence-electron chi connectivity index (χ0n) is 12.3. The number of nitrogens with one attached hydrogen (secondary N) is 2. The van der Waals surface area contributed by atoms with Crippen LogP contribution in [-0.4, -0.2) is 10.9 Å². The molecule has 0 bridgehead atoms. The second-order valence-corrected chi connectivity index (χ2v) is 5.53. The number of benzene rings is 2. The highest BCUT2D eigenvalue weighted by molar-refractivity contribution is 6.30. The van der Waals surface area contributed by atoms with E-state index in [0.29, 0.717) is 16.7 Å². The number of pyridine rings is 1. The first-order chi connectivity index (χ1) is 11.8. The van der Waals surface area contributed by atoms with Crippen molar-refractivity contribution in [3.8, 4) is 11.3 Å². The third-order valence-electron chi connectivity index (χ3n) is 3.63. The van der Waals surface area contributed by atoms with Crippen molar-refractivity contribution in [3.63, 3.8) is 0 Å². The molecule has 0 spiro atoms. The van der Waals surface area contributed by atoms with Crippen LogP contribution in [0.4, 0.5) is 13.2 Å². The fourth-order valence-electron chi connectivity index (χ4n) is 2.45. The van der Waals surface area contributed by atoms with E-state index in [-0.39, 0.29) is 5.69 Å². The Kier molecular flexibility index (Phi) is 4.23. The van der Waals surface area contributed by atoms with Crippen molar-refractivity contribution in [2.45, 2.75) is 0 Å². The topological polar surface area (TPSA) is 88.0 Å². The highest BCUT2D eigenvalue weighted by Crippen LogP contribution is 2.27. The minimum Gasteiger partial charge on any atom is -0.351 e. The van der Waals surface area contributed by atoms with Gasteiger partial charge in [-0.05, 0) is 23.8 Å². The van der Waals surface area contributed by atoms with Gasteiger partial charge >= 0.3 is 0 Å². The first kappa shape index (κ1) is 17.0. The summed E-state index contributed by atoms with van der Waals surface area (Å²) in [7, 11) is 0. The normalized spacial score (nSPS) is 10.9. The number of nitrogens with two attached hydrogens (primary N) is 1. The molecule has 25 heavy (non-hydrogen) atoms. The molecule has 4 N–H and O–H groups in total. The van der Waals surface area contributed by atoms with E-state index in [1.165, 1.54) is 24.3 Å². The number of carbonyl (C=O) groups is 1. The molecular formula is C16H9ClF3N3O2. The van der Waals surface area contributed by atoms with Gasteiger partial charge in [0.2, 0.25) is 5.43 Å². The maximum atomic E-state index is 14.1. The van der Waals surface area contributed by atoms with Gasteiger partial charge < -0.3 is 4.98 Å². The second kappa shape index (κ2) is 6.23. The average Bonchev–Trinajstić information content (AvgIpc) is 2.60. The van der Waals surface area contributed by atoms with E-state index in [1.807, 2.05) is 0 Å². The Balaban J connectivity index is 2.48. The number of carbonyl (C=O) groups excluding carboxylic acids is 1. The smallest absolute Gasteiger partial charge is 0.271 e. The van der Waals surface area contributed by atoms with E-state index in [1.54, 1.807) is 5.43 Å². The molecule has 0 aliphatic carbocycles. The second-order valence-electron chi connectivity index (χ2n) is 5.09. The zero-order chi connectivity index (χ0) is 18.3. The summed E-state index contributed by atoms with van der Waals surface area (Å²) in [5.74, 6) is -0.733. The summed E-state index contributed by atoms with van der Waals surface area (Å²) in [6.07, 6.45) is 0. The van der Waals surface area contributed by atoms with Crippen molar-refractivity contribution in [3.05, 3.63) is 68.6 Å². The van der Waals surface area contributed by atoms with Crippen LogP contribution in [0.2, 0.25) is 5.02 Å². The Labute approximate surface area is 143 Å². The molecule has 0 fully saturated rings. The first-order valence-corrected chi connectivity index (χ1v) is 7.23. The summed E-state index contributed by atoms with van der Waals surface area (Å²) < 4.78 is 41.1. The van der Waals surface area contributed by atoms with Gasteiger partial charge in [-0.3, -0.25) is 15.0 Å². The number of fused-ring (bicyclic) bond motifs is 1. The number of aromatic nitrogens is 1. The maximum absolute atomic E-state index is 14.1. The Bertz CT molecular complexity index is 1070. The molecule has 0 saturated heterocycles. The van der Waals surface area contributed by atoms with Crippen LogP contribution >= 0.6 is 11.6 Å². The molecule has 3 aromatic rings. The van der Waals surface area contributed by atoms with Gasteiger partial charge in [-0.15, -0.1) is 0 Å². The number of halogens is 4. The van der Waals surface area contributed by atoms with E-state index in [9.17, 15) is 22.8 Å². The summed E-state index contributed by atoms with van der Waals surface area (Å²) in [5.41, 5.74) is -0.0469. The number of hydrogen-bond donors (Lipinski definition) is 3. The Morgan fingerprint density at radius 3 is 2.36 bits per heavy atom. The van der Waals surface area contributed by atoms with Crippen LogP contribution in [0.25, 0.3) is 22.2 Å². The van der Waals surface area contributed by atoms with Gasteiger partial charge in [-0.1, -0.05) is 23.7 Å². The van der Waals surface area contributed by atoms with Gasteiger partial charge in [0.1, 0.15) is 5.56 Å². The SMILES string of the molecule is NNC(=O)c1c(-c2ccc(Cl)cc2)[nH]c2c(F)c(F)c(F)cc2c1=O. The molecule has 5 nitrogen and oxygen atoms in total. The standard InChI is InChI=1S/C16H9ClF3N3O2/c17-7-3-1-6(2-4-7)13-10(16(25)23-21)15(24)8-5-9(18)11(19)12(20)14(8)22-13/h1-5H,21H2,(H,22,24)(H,23,25). The molecule has 9 heteroatoms. The summed E-state index contributed by atoms with van der Waals surface area (Å²) in [4.78, 5) is 27.1. The maximum Gasteiger partial charge on any atom is 0.271 e. The lowest BCUT2D eigenvalue weighted by molar-refractivity contribution is 0.0953. The lowest BCUT2D eigenvalue weighted by Crippen LogP contribution is -2.35. The largest absolute Gasteiger partial charge is 0.351 e. The fraction of sp³-hybridized carbons (Fsp3) is 0.